The molecule has 1 heterocycles. The minimum absolute atomic E-state index is 0.114. The lowest BCUT2D eigenvalue weighted by Crippen LogP contribution is -2.45. The van der Waals surface area contributed by atoms with Gasteiger partial charge in [-0.1, -0.05) is 20.8 Å². The quantitative estimate of drug-likeness (QED) is 0.468. The number of benzene rings is 1. The molecular weight excluding hydrogens is 362 g/mol. The second-order valence-electron chi connectivity index (χ2n) is 7.79. The molecule has 0 aliphatic heterocycles. The first-order valence-electron chi connectivity index (χ1n) is 9.04. The van der Waals surface area contributed by atoms with Gasteiger partial charge in [0.05, 0.1) is 4.88 Å². The van der Waals surface area contributed by atoms with Gasteiger partial charge in [-0.15, -0.1) is 11.3 Å². The van der Waals surface area contributed by atoms with Crippen molar-refractivity contribution in [3.63, 3.8) is 0 Å². The topological polar surface area (TPSA) is 122 Å². The first-order valence-corrected chi connectivity index (χ1v) is 9.86. The predicted octanol–water partition coefficient (Wildman–Crippen LogP) is 3.59. The lowest BCUT2D eigenvalue weighted by atomic mass is 9.62. The van der Waals surface area contributed by atoms with Crippen LogP contribution in [0.4, 0.5) is 5.69 Å². The molecule has 1 saturated carbocycles. The summed E-state index contributed by atoms with van der Waals surface area (Å²) in [6.07, 6.45) is 4.79. The Balaban J connectivity index is 0.000000817. The smallest absolute Gasteiger partial charge is 0.290 e. The molecule has 1 aromatic heterocycles. The van der Waals surface area contributed by atoms with Crippen molar-refractivity contribution < 1.29 is 15.0 Å². The standard InChI is InChI=1S/C19H27N3OS.CH2O2/c1-12-18(2,3)5-4-6-19(12,23)17-22-11-16(24-17)14-7-13(10-20)8-15(21)9-14;2-1-3/h7-9,11-12,23H,4-6,10,20-21H2,1-3H3;1H,(H,2,3). The summed E-state index contributed by atoms with van der Waals surface area (Å²) >= 11 is 1.57. The first-order chi connectivity index (χ1) is 12.7. The molecule has 2 atom stereocenters. The maximum absolute atomic E-state index is 11.4. The Morgan fingerprint density at radius 3 is 2.63 bits per heavy atom. The largest absolute Gasteiger partial charge is 0.483 e. The van der Waals surface area contributed by atoms with Gasteiger partial charge in [-0.05, 0) is 59.9 Å². The van der Waals surface area contributed by atoms with Crippen molar-refractivity contribution in [1.29, 1.82) is 0 Å². The molecule has 0 saturated heterocycles. The molecule has 148 valence electrons. The van der Waals surface area contributed by atoms with Gasteiger partial charge in [-0.2, -0.15) is 0 Å². The van der Waals surface area contributed by atoms with Crippen LogP contribution < -0.4 is 11.5 Å². The van der Waals surface area contributed by atoms with Crippen molar-refractivity contribution in [3.8, 4) is 10.4 Å². The van der Waals surface area contributed by atoms with Crippen LogP contribution in [0.1, 0.15) is 50.6 Å². The minimum Gasteiger partial charge on any atom is -0.483 e. The minimum atomic E-state index is -0.846. The number of thiazole rings is 1. The van der Waals surface area contributed by atoms with Gasteiger partial charge in [0.1, 0.15) is 10.6 Å². The summed E-state index contributed by atoms with van der Waals surface area (Å²) in [7, 11) is 0. The monoisotopic (exact) mass is 391 g/mol. The number of nitrogen functional groups attached to an aromatic ring is 1. The van der Waals surface area contributed by atoms with E-state index in [4.69, 9.17) is 21.4 Å². The summed E-state index contributed by atoms with van der Waals surface area (Å²) < 4.78 is 0. The highest BCUT2D eigenvalue weighted by molar-refractivity contribution is 7.15. The summed E-state index contributed by atoms with van der Waals surface area (Å²) in [5.74, 6) is 0.165. The van der Waals surface area contributed by atoms with Crippen LogP contribution in [0.15, 0.2) is 24.4 Å². The highest BCUT2D eigenvalue weighted by atomic mass is 32.1. The molecule has 1 fully saturated rings. The molecule has 2 unspecified atom stereocenters. The molecule has 1 aromatic carbocycles. The lowest BCUT2D eigenvalue weighted by molar-refractivity contribution is -0.122. The third-order valence-corrected chi connectivity index (χ3v) is 6.89. The second-order valence-corrected chi connectivity index (χ2v) is 8.82. The molecule has 27 heavy (non-hydrogen) atoms. The van der Waals surface area contributed by atoms with Crippen molar-refractivity contribution >= 4 is 23.5 Å². The van der Waals surface area contributed by atoms with Crippen LogP contribution >= 0.6 is 11.3 Å². The van der Waals surface area contributed by atoms with Crippen LogP contribution in [0.3, 0.4) is 0 Å². The fourth-order valence-electron chi connectivity index (χ4n) is 3.77. The number of rotatable bonds is 3. The number of nitrogens with two attached hydrogens (primary N) is 2. The lowest BCUT2D eigenvalue weighted by Gasteiger charge is -2.47. The second kappa shape index (κ2) is 8.37. The Morgan fingerprint density at radius 1 is 1.33 bits per heavy atom. The number of anilines is 1. The average Bonchev–Trinajstić information content (AvgIpc) is 3.10. The molecular formula is C20H29N3O3S. The van der Waals surface area contributed by atoms with Crippen LogP contribution in [0.25, 0.3) is 10.4 Å². The Morgan fingerprint density at radius 2 is 2.00 bits per heavy atom. The molecule has 3 rings (SSSR count). The van der Waals surface area contributed by atoms with Crippen LogP contribution in [-0.4, -0.2) is 21.7 Å². The third-order valence-electron chi connectivity index (χ3n) is 5.68. The zero-order valence-corrected chi connectivity index (χ0v) is 16.9. The molecule has 6 nitrogen and oxygen atoms in total. The average molecular weight is 392 g/mol. The number of carboxylic acid groups (broad SMARTS) is 1. The van der Waals surface area contributed by atoms with E-state index in [1.54, 1.807) is 11.3 Å². The number of hydrogen-bond acceptors (Lipinski definition) is 6. The number of nitrogens with zero attached hydrogens (tertiary/aromatic N) is 1. The van der Waals surface area contributed by atoms with E-state index in [1.807, 2.05) is 24.4 Å². The van der Waals surface area contributed by atoms with Gasteiger partial charge in [0, 0.05) is 18.4 Å². The van der Waals surface area contributed by atoms with E-state index >= 15 is 0 Å². The number of carbonyl (C=O) groups is 1. The van der Waals surface area contributed by atoms with E-state index < -0.39 is 5.60 Å². The van der Waals surface area contributed by atoms with Crippen LogP contribution in [0.2, 0.25) is 0 Å². The Bertz CT molecular complexity index is 791. The summed E-state index contributed by atoms with van der Waals surface area (Å²) in [6, 6.07) is 5.88. The van der Waals surface area contributed by atoms with Gasteiger partial charge in [-0.3, -0.25) is 4.79 Å². The number of aliphatic hydroxyl groups is 1. The molecule has 0 amide bonds. The van der Waals surface area contributed by atoms with Gasteiger partial charge >= 0.3 is 0 Å². The van der Waals surface area contributed by atoms with Crippen LogP contribution in [0, 0.1) is 11.3 Å². The van der Waals surface area contributed by atoms with Crippen LogP contribution in [-0.2, 0) is 16.9 Å². The summed E-state index contributed by atoms with van der Waals surface area (Å²) in [6.45, 7) is 6.83. The van der Waals surface area contributed by atoms with Gasteiger partial charge < -0.3 is 21.7 Å². The van der Waals surface area contributed by atoms with E-state index in [9.17, 15) is 5.11 Å². The fourth-order valence-corrected chi connectivity index (χ4v) is 4.88. The molecule has 0 radical (unpaired) electrons. The van der Waals surface area contributed by atoms with Crippen molar-refractivity contribution in [1.82, 2.24) is 4.98 Å². The zero-order valence-electron chi connectivity index (χ0n) is 16.1. The molecule has 1 aliphatic rings. The van der Waals surface area contributed by atoms with E-state index in [0.717, 1.165) is 40.3 Å². The fraction of sp³-hybridized carbons (Fsp3) is 0.500. The van der Waals surface area contributed by atoms with Crippen LogP contribution in [0.5, 0.6) is 0 Å². The van der Waals surface area contributed by atoms with E-state index in [2.05, 4.69) is 25.8 Å². The highest BCUT2D eigenvalue weighted by Gasteiger charge is 2.48. The zero-order chi connectivity index (χ0) is 20.2. The highest BCUT2D eigenvalue weighted by Crippen LogP contribution is 2.52. The Kier molecular flexibility index (Phi) is 6.62. The van der Waals surface area contributed by atoms with E-state index in [0.29, 0.717) is 12.2 Å². The normalized spacial score (nSPS) is 24.0. The summed E-state index contributed by atoms with van der Waals surface area (Å²) in [5, 5.41) is 19.1. The van der Waals surface area contributed by atoms with Crippen molar-refractivity contribution in [2.45, 2.75) is 52.2 Å². The van der Waals surface area contributed by atoms with Gasteiger partial charge in [0.25, 0.3) is 6.47 Å². The van der Waals surface area contributed by atoms with Crippen molar-refractivity contribution in [2.24, 2.45) is 17.1 Å². The Hall–Kier alpha value is -1.96. The van der Waals surface area contributed by atoms with Gasteiger partial charge in [-0.25, -0.2) is 4.98 Å². The maximum atomic E-state index is 11.4. The number of hydrogen-bond donors (Lipinski definition) is 4. The van der Waals surface area contributed by atoms with Crippen molar-refractivity contribution in [3.05, 3.63) is 35.0 Å². The third kappa shape index (κ3) is 4.48. The molecule has 2 aromatic rings. The predicted molar refractivity (Wildman–Crippen MR) is 109 cm³/mol. The summed E-state index contributed by atoms with van der Waals surface area (Å²) in [5.41, 5.74) is 13.7. The molecule has 0 bridgehead atoms. The van der Waals surface area contributed by atoms with Gasteiger partial charge in [0.15, 0.2) is 0 Å². The molecule has 7 heteroatoms. The van der Waals surface area contributed by atoms with Gasteiger partial charge in [0.2, 0.25) is 0 Å². The SMILES string of the molecule is CC1C(C)(C)CCCC1(O)c1ncc(-c2cc(N)cc(CN)c2)s1.O=CO. The van der Waals surface area contributed by atoms with E-state index in [-0.39, 0.29) is 17.8 Å². The van der Waals surface area contributed by atoms with Crippen molar-refractivity contribution in [2.75, 3.05) is 5.73 Å². The maximum Gasteiger partial charge on any atom is 0.290 e. The van der Waals surface area contributed by atoms with E-state index in [1.165, 1.54) is 0 Å². The summed E-state index contributed by atoms with van der Waals surface area (Å²) in [4.78, 5) is 14.0. The molecule has 1 aliphatic carbocycles. The number of aromatic nitrogens is 1. The Labute approximate surface area is 164 Å². The molecule has 6 N–H and O–H groups in total. The molecule has 0 spiro atoms. The first kappa shape index (κ1) is 21.3.